The maximum absolute atomic E-state index is 11.7. The predicted octanol–water partition coefficient (Wildman–Crippen LogP) is 0.197. The fourth-order valence-electron chi connectivity index (χ4n) is 1.75. The van der Waals surface area contributed by atoms with E-state index in [9.17, 15) is 16.8 Å². The van der Waals surface area contributed by atoms with Gasteiger partial charge in [0.15, 0.2) is 0 Å². The highest BCUT2D eigenvalue weighted by Gasteiger charge is 2.19. The molecule has 2 aromatic rings. The number of fused-ring (bicyclic) bond motifs is 1. The number of terminal acetylenes is 1. The number of hydrogen-bond donors (Lipinski definition) is 1. The van der Waals surface area contributed by atoms with Crippen molar-refractivity contribution in [1.82, 2.24) is 8.96 Å². The molecule has 20 heavy (non-hydrogen) atoms. The Labute approximate surface area is 116 Å². The summed E-state index contributed by atoms with van der Waals surface area (Å²) in [6.45, 7) is 0. The molecule has 2 aromatic heterocycles. The Morgan fingerprint density at radius 3 is 2.45 bits per heavy atom. The second-order valence-corrected chi connectivity index (χ2v) is 7.78. The topological polar surface area (TPSA) is 98.1 Å². The van der Waals surface area contributed by atoms with Crippen molar-refractivity contribution in [2.45, 2.75) is 0 Å². The van der Waals surface area contributed by atoms with E-state index in [4.69, 9.17) is 6.42 Å². The van der Waals surface area contributed by atoms with Gasteiger partial charge in [0.05, 0.1) is 29.3 Å². The van der Waals surface area contributed by atoms with Gasteiger partial charge in [0.25, 0.3) is 0 Å². The number of pyridine rings is 1. The zero-order chi connectivity index (χ0) is 15.1. The minimum absolute atomic E-state index is 0.0235. The molecule has 0 radical (unpaired) electrons. The van der Waals surface area contributed by atoms with Crippen LogP contribution in [0, 0.1) is 12.3 Å². The van der Waals surface area contributed by atoms with Crippen molar-refractivity contribution in [2.24, 2.45) is 0 Å². The zero-order valence-corrected chi connectivity index (χ0v) is 12.3. The standard InChI is InChI=1S/C11H11N3O4S2/c1-4-8-7-12-9-5-6-14(20(3,17)18)11(9)10(8)13-19(2,15)16/h1,5-7H,2-3H3,(H,12,13). The summed E-state index contributed by atoms with van der Waals surface area (Å²) >= 11 is 0. The van der Waals surface area contributed by atoms with Crippen molar-refractivity contribution >= 4 is 36.8 Å². The second kappa shape index (κ2) is 4.50. The van der Waals surface area contributed by atoms with Gasteiger partial charge in [-0.3, -0.25) is 9.71 Å². The Balaban J connectivity index is 2.94. The van der Waals surface area contributed by atoms with Crippen LogP contribution in [0.1, 0.15) is 5.56 Å². The number of sulfonamides is 1. The third kappa shape index (κ3) is 2.61. The van der Waals surface area contributed by atoms with Gasteiger partial charge in [0, 0.05) is 12.4 Å². The molecule has 0 spiro atoms. The summed E-state index contributed by atoms with van der Waals surface area (Å²) in [7, 11) is -7.24. The number of hydrogen-bond acceptors (Lipinski definition) is 5. The summed E-state index contributed by atoms with van der Waals surface area (Å²) in [5.41, 5.74) is 0.607. The molecule has 0 aliphatic carbocycles. The predicted molar refractivity (Wildman–Crippen MR) is 76.4 cm³/mol. The molecule has 9 heteroatoms. The summed E-state index contributed by atoms with van der Waals surface area (Å²) in [6, 6.07) is 1.46. The van der Waals surface area contributed by atoms with Crippen LogP contribution in [0.5, 0.6) is 0 Å². The van der Waals surface area contributed by atoms with E-state index in [1.807, 2.05) is 0 Å². The monoisotopic (exact) mass is 313 g/mol. The van der Waals surface area contributed by atoms with Crippen molar-refractivity contribution in [3.05, 3.63) is 24.0 Å². The lowest BCUT2D eigenvalue weighted by molar-refractivity contribution is 0.594. The van der Waals surface area contributed by atoms with E-state index in [0.29, 0.717) is 5.52 Å². The molecule has 2 rings (SSSR count). The molecule has 106 valence electrons. The lowest BCUT2D eigenvalue weighted by atomic mass is 10.2. The van der Waals surface area contributed by atoms with Gasteiger partial charge in [-0.15, -0.1) is 6.42 Å². The number of nitrogens with one attached hydrogen (secondary N) is 1. The van der Waals surface area contributed by atoms with Crippen LogP contribution in [0.25, 0.3) is 11.0 Å². The molecule has 0 saturated heterocycles. The molecule has 2 heterocycles. The molecule has 0 unspecified atom stereocenters. The minimum atomic E-state index is -3.62. The molecule has 0 aliphatic rings. The third-order valence-corrected chi connectivity index (χ3v) is 4.06. The second-order valence-electron chi connectivity index (χ2n) is 4.17. The average molecular weight is 313 g/mol. The zero-order valence-electron chi connectivity index (χ0n) is 10.7. The molecule has 0 saturated carbocycles. The van der Waals surface area contributed by atoms with Crippen molar-refractivity contribution in [3.8, 4) is 12.3 Å². The number of anilines is 1. The van der Waals surface area contributed by atoms with Crippen molar-refractivity contribution < 1.29 is 16.8 Å². The maximum Gasteiger partial charge on any atom is 0.236 e. The normalized spacial score (nSPS) is 12.2. The Hall–Kier alpha value is -2.05. The third-order valence-electron chi connectivity index (χ3n) is 2.47. The van der Waals surface area contributed by atoms with E-state index in [1.54, 1.807) is 0 Å². The van der Waals surface area contributed by atoms with Gasteiger partial charge in [0.2, 0.25) is 20.0 Å². The van der Waals surface area contributed by atoms with Crippen LogP contribution in [0.4, 0.5) is 5.69 Å². The first-order valence-corrected chi connectivity index (χ1v) is 9.02. The molecule has 0 bridgehead atoms. The molecule has 0 aliphatic heterocycles. The van der Waals surface area contributed by atoms with Gasteiger partial charge in [-0.05, 0) is 6.07 Å². The van der Waals surface area contributed by atoms with Crippen molar-refractivity contribution in [3.63, 3.8) is 0 Å². The SMILES string of the molecule is C#Cc1cnc2ccn(S(C)(=O)=O)c2c1NS(C)(=O)=O. The van der Waals surface area contributed by atoms with Crippen LogP contribution in [0.3, 0.4) is 0 Å². The van der Waals surface area contributed by atoms with E-state index in [0.717, 1.165) is 16.5 Å². The quantitative estimate of drug-likeness (QED) is 0.816. The maximum atomic E-state index is 11.7. The van der Waals surface area contributed by atoms with Crippen LogP contribution < -0.4 is 4.72 Å². The van der Waals surface area contributed by atoms with Gasteiger partial charge in [-0.25, -0.2) is 20.8 Å². The molecule has 0 atom stereocenters. The Morgan fingerprint density at radius 2 is 1.95 bits per heavy atom. The van der Waals surface area contributed by atoms with E-state index < -0.39 is 20.0 Å². The first-order chi connectivity index (χ1) is 9.13. The highest BCUT2D eigenvalue weighted by molar-refractivity contribution is 7.92. The van der Waals surface area contributed by atoms with Gasteiger partial charge in [-0.1, -0.05) is 5.92 Å². The molecule has 0 fully saturated rings. The summed E-state index contributed by atoms with van der Waals surface area (Å²) in [6.07, 6.45) is 9.86. The van der Waals surface area contributed by atoms with E-state index >= 15 is 0 Å². The van der Waals surface area contributed by atoms with Crippen LogP contribution in [-0.2, 0) is 20.0 Å². The molecule has 1 N–H and O–H groups in total. The lowest BCUT2D eigenvalue weighted by Crippen LogP contribution is -2.15. The van der Waals surface area contributed by atoms with Crippen molar-refractivity contribution in [1.29, 1.82) is 0 Å². The number of rotatable bonds is 3. The summed E-state index contributed by atoms with van der Waals surface area (Å²) in [4.78, 5) is 4.01. The first kappa shape index (κ1) is 14.4. The molecular weight excluding hydrogens is 302 g/mol. The highest BCUT2D eigenvalue weighted by atomic mass is 32.2. The summed E-state index contributed by atoms with van der Waals surface area (Å²) in [5.74, 6) is 2.28. The molecule has 7 nitrogen and oxygen atoms in total. The summed E-state index contributed by atoms with van der Waals surface area (Å²) < 4.78 is 49.5. The van der Waals surface area contributed by atoms with E-state index in [2.05, 4.69) is 15.6 Å². The largest absolute Gasteiger partial charge is 0.280 e. The van der Waals surface area contributed by atoms with Gasteiger partial charge in [0.1, 0.15) is 5.52 Å². The molecule has 0 amide bonds. The lowest BCUT2D eigenvalue weighted by Gasteiger charge is -2.11. The fourth-order valence-corrected chi connectivity index (χ4v) is 3.12. The van der Waals surface area contributed by atoms with Crippen LogP contribution in [0.15, 0.2) is 18.5 Å². The van der Waals surface area contributed by atoms with Crippen molar-refractivity contribution in [2.75, 3.05) is 17.2 Å². The van der Waals surface area contributed by atoms with Crippen LogP contribution >= 0.6 is 0 Å². The Morgan fingerprint density at radius 1 is 1.30 bits per heavy atom. The first-order valence-electron chi connectivity index (χ1n) is 5.28. The van der Waals surface area contributed by atoms with Gasteiger partial charge < -0.3 is 0 Å². The number of aromatic nitrogens is 2. The number of nitrogens with zero attached hydrogens (tertiary/aromatic N) is 2. The smallest absolute Gasteiger partial charge is 0.236 e. The fraction of sp³-hybridized carbons (Fsp3) is 0.182. The Kier molecular flexibility index (Phi) is 3.23. The minimum Gasteiger partial charge on any atom is -0.280 e. The van der Waals surface area contributed by atoms with Gasteiger partial charge in [-0.2, -0.15) is 0 Å². The van der Waals surface area contributed by atoms with E-state index in [1.165, 1.54) is 18.5 Å². The van der Waals surface area contributed by atoms with Crippen LogP contribution in [-0.4, -0.2) is 38.3 Å². The molecule has 0 aromatic carbocycles. The highest BCUT2D eigenvalue weighted by Crippen LogP contribution is 2.28. The summed E-state index contributed by atoms with van der Waals surface area (Å²) in [5, 5.41) is 0. The molecular formula is C11H11N3O4S2. The Bertz CT molecular complexity index is 934. The van der Waals surface area contributed by atoms with Gasteiger partial charge >= 0.3 is 0 Å². The van der Waals surface area contributed by atoms with E-state index in [-0.39, 0.29) is 16.8 Å². The van der Waals surface area contributed by atoms with Crippen LogP contribution in [0.2, 0.25) is 0 Å². The average Bonchev–Trinajstić information content (AvgIpc) is 2.71.